The maximum absolute atomic E-state index is 11.8. The fraction of sp³-hybridized carbons (Fsp3) is 0.200. The number of rotatable bonds is 4. The highest BCUT2D eigenvalue weighted by atomic mass is 32.1. The van der Waals surface area contributed by atoms with Crippen molar-refractivity contribution in [3.63, 3.8) is 0 Å². The molecule has 2 amide bonds. The lowest BCUT2D eigenvalue weighted by Crippen LogP contribution is -2.32. The Hall–Kier alpha value is -2.38. The molecule has 3 rings (SSSR count). The van der Waals surface area contributed by atoms with E-state index in [4.69, 9.17) is 0 Å². The summed E-state index contributed by atoms with van der Waals surface area (Å²) in [6.45, 7) is 0.144. The molecule has 0 radical (unpaired) electrons. The Morgan fingerprint density at radius 2 is 2.23 bits per heavy atom. The van der Waals surface area contributed by atoms with Crippen LogP contribution < -0.4 is 10.6 Å². The van der Waals surface area contributed by atoms with Crippen LogP contribution in [0, 0.1) is 0 Å². The molecule has 22 heavy (non-hydrogen) atoms. The number of amides is 2. The standard InChI is InChI=1S/C15H16N4O2S/c1-19-7-6-14(18-19)17-15(21)16-9-11(20)13-8-10-4-2-3-5-12(10)22-13/h2-8,11,20H,9H2,1H3,(H2,16,17,18,21). The average molecular weight is 316 g/mol. The third kappa shape index (κ3) is 3.26. The molecule has 1 unspecified atom stereocenters. The van der Waals surface area contributed by atoms with Gasteiger partial charge in [0.1, 0.15) is 6.10 Å². The van der Waals surface area contributed by atoms with Crippen molar-refractivity contribution in [3.8, 4) is 0 Å². The normalized spacial score (nSPS) is 12.3. The van der Waals surface area contributed by atoms with Gasteiger partial charge in [0, 0.05) is 28.9 Å². The molecule has 3 aromatic rings. The van der Waals surface area contributed by atoms with E-state index in [1.54, 1.807) is 24.0 Å². The van der Waals surface area contributed by atoms with E-state index in [-0.39, 0.29) is 12.6 Å². The van der Waals surface area contributed by atoms with Crippen LogP contribution >= 0.6 is 11.3 Å². The molecule has 0 saturated heterocycles. The molecule has 6 nitrogen and oxygen atoms in total. The number of carbonyl (C=O) groups excluding carboxylic acids is 1. The summed E-state index contributed by atoms with van der Waals surface area (Å²) in [4.78, 5) is 12.6. The van der Waals surface area contributed by atoms with E-state index in [0.717, 1.165) is 15.0 Å². The van der Waals surface area contributed by atoms with Crippen molar-refractivity contribution in [2.45, 2.75) is 6.10 Å². The summed E-state index contributed by atoms with van der Waals surface area (Å²) in [6.07, 6.45) is 1.01. The summed E-state index contributed by atoms with van der Waals surface area (Å²) in [5.41, 5.74) is 0. The predicted molar refractivity (Wildman–Crippen MR) is 87.0 cm³/mol. The second-order valence-corrected chi connectivity index (χ2v) is 6.03. The zero-order valence-corrected chi connectivity index (χ0v) is 12.8. The molecule has 2 heterocycles. The highest BCUT2D eigenvalue weighted by Gasteiger charge is 2.13. The molecule has 0 aliphatic carbocycles. The molecule has 0 spiro atoms. The topological polar surface area (TPSA) is 79.2 Å². The average Bonchev–Trinajstić information content (AvgIpc) is 3.10. The van der Waals surface area contributed by atoms with Gasteiger partial charge in [-0.3, -0.25) is 10.00 Å². The summed E-state index contributed by atoms with van der Waals surface area (Å²) in [7, 11) is 1.77. The third-order valence-corrected chi connectivity index (χ3v) is 4.40. The van der Waals surface area contributed by atoms with Crippen LogP contribution in [0.15, 0.2) is 42.6 Å². The van der Waals surface area contributed by atoms with Crippen LogP contribution in [0.25, 0.3) is 10.1 Å². The molecule has 1 atom stereocenters. The monoisotopic (exact) mass is 316 g/mol. The first-order valence-corrected chi connectivity index (χ1v) is 7.64. The Labute approximate surface area is 131 Å². The van der Waals surface area contributed by atoms with Crippen molar-refractivity contribution >= 4 is 33.3 Å². The van der Waals surface area contributed by atoms with Crippen LogP contribution in [0.4, 0.5) is 10.6 Å². The molecule has 0 aliphatic heterocycles. The number of carbonyl (C=O) groups is 1. The van der Waals surface area contributed by atoms with Crippen molar-refractivity contribution in [3.05, 3.63) is 47.5 Å². The smallest absolute Gasteiger partial charge is 0.320 e. The molecule has 0 saturated carbocycles. The number of benzene rings is 1. The Bertz CT molecular complexity index is 763. The van der Waals surface area contributed by atoms with Gasteiger partial charge < -0.3 is 10.4 Å². The van der Waals surface area contributed by atoms with Crippen LogP contribution in [0.2, 0.25) is 0 Å². The Kier molecular flexibility index (Phi) is 4.08. The summed E-state index contributed by atoms with van der Waals surface area (Å²) >= 11 is 1.53. The second-order valence-electron chi connectivity index (χ2n) is 4.91. The van der Waals surface area contributed by atoms with Gasteiger partial charge in [0.05, 0.1) is 6.54 Å². The quantitative estimate of drug-likeness (QED) is 0.692. The summed E-state index contributed by atoms with van der Waals surface area (Å²) < 4.78 is 2.72. The minimum Gasteiger partial charge on any atom is -0.386 e. The Morgan fingerprint density at radius 3 is 2.95 bits per heavy atom. The lowest BCUT2D eigenvalue weighted by molar-refractivity contribution is 0.178. The first-order chi connectivity index (χ1) is 10.6. The number of aromatic nitrogens is 2. The predicted octanol–water partition coefficient (Wildman–Crippen LogP) is 2.49. The minimum atomic E-state index is -0.730. The fourth-order valence-electron chi connectivity index (χ4n) is 2.10. The van der Waals surface area contributed by atoms with Gasteiger partial charge in [-0.15, -0.1) is 11.3 Å². The summed E-state index contributed by atoms with van der Waals surface area (Å²) in [6, 6.07) is 11.2. The maximum Gasteiger partial charge on any atom is 0.320 e. The van der Waals surface area contributed by atoms with Crippen molar-refractivity contribution < 1.29 is 9.90 Å². The Balaban J connectivity index is 1.57. The molecule has 0 aliphatic rings. The first kappa shape index (κ1) is 14.6. The van der Waals surface area contributed by atoms with Gasteiger partial charge in [0.25, 0.3) is 0 Å². The molecule has 114 valence electrons. The number of nitrogens with zero attached hydrogens (tertiary/aromatic N) is 2. The van der Waals surface area contributed by atoms with E-state index in [9.17, 15) is 9.90 Å². The minimum absolute atomic E-state index is 0.144. The van der Waals surface area contributed by atoms with Crippen molar-refractivity contribution in [1.29, 1.82) is 0 Å². The number of hydrogen-bond acceptors (Lipinski definition) is 4. The van der Waals surface area contributed by atoms with Gasteiger partial charge in [-0.1, -0.05) is 18.2 Å². The van der Waals surface area contributed by atoms with E-state index in [1.165, 1.54) is 11.3 Å². The molecule has 2 aromatic heterocycles. The van der Waals surface area contributed by atoms with Gasteiger partial charge in [0.2, 0.25) is 0 Å². The number of nitrogens with one attached hydrogen (secondary N) is 2. The van der Waals surface area contributed by atoms with E-state index in [0.29, 0.717) is 5.82 Å². The number of aryl methyl sites for hydroxylation is 1. The number of hydrogen-bond donors (Lipinski definition) is 3. The van der Waals surface area contributed by atoms with Crippen LogP contribution in [-0.4, -0.2) is 27.5 Å². The Morgan fingerprint density at radius 1 is 1.41 bits per heavy atom. The van der Waals surface area contributed by atoms with E-state index >= 15 is 0 Å². The van der Waals surface area contributed by atoms with Crippen LogP contribution in [0.1, 0.15) is 11.0 Å². The van der Waals surface area contributed by atoms with Gasteiger partial charge in [-0.05, 0) is 17.5 Å². The van der Waals surface area contributed by atoms with Gasteiger partial charge in [0.15, 0.2) is 5.82 Å². The van der Waals surface area contributed by atoms with Crippen molar-refractivity contribution in [2.75, 3.05) is 11.9 Å². The number of fused-ring (bicyclic) bond motifs is 1. The number of urea groups is 1. The van der Waals surface area contributed by atoms with Crippen LogP contribution in [0.5, 0.6) is 0 Å². The lowest BCUT2D eigenvalue weighted by atomic mass is 10.2. The van der Waals surface area contributed by atoms with Crippen molar-refractivity contribution in [1.82, 2.24) is 15.1 Å². The summed E-state index contributed by atoms with van der Waals surface area (Å²) in [5.74, 6) is 0.469. The second kappa shape index (κ2) is 6.17. The molecule has 0 fully saturated rings. The molecule has 7 heteroatoms. The van der Waals surface area contributed by atoms with E-state index in [2.05, 4.69) is 15.7 Å². The van der Waals surface area contributed by atoms with Crippen molar-refractivity contribution in [2.24, 2.45) is 7.05 Å². The number of thiophene rings is 1. The molecule has 0 bridgehead atoms. The van der Waals surface area contributed by atoms with Crippen LogP contribution in [0.3, 0.4) is 0 Å². The first-order valence-electron chi connectivity index (χ1n) is 6.83. The van der Waals surface area contributed by atoms with Crippen LogP contribution in [-0.2, 0) is 7.05 Å². The van der Waals surface area contributed by atoms with E-state index in [1.807, 2.05) is 30.3 Å². The number of aliphatic hydroxyl groups is 1. The highest BCUT2D eigenvalue weighted by molar-refractivity contribution is 7.19. The fourth-order valence-corrected chi connectivity index (χ4v) is 3.15. The van der Waals surface area contributed by atoms with Gasteiger partial charge in [-0.25, -0.2) is 4.79 Å². The highest BCUT2D eigenvalue weighted by Crippen LogP contribution is 2.29. The van der Waals surface area contributed by atoms with E-state index < -0.39 is 6.10 Å². The number of aliphatic hydroxyl groups excluding tert-OH is 1. The third-order valence-electron chi connectivity index (χ3n) is 3.18. The zero-order valence-electron chi connectivity index (χ0n) is 12.0. The maximum atomic E-state index is 11.8. The summed E-state index contributed by atoms with van der Waals surface area (Å²) in [5, 5.41) is 20.6. The molecular formula is C15H16N4O2S. The lowest BCUT2D eigenvalue weighted by Gasteiger charge is -2.10. The number of anilines is 1. The largest absolute Gasteiger partial charge is 0.386 e. The molecule has 1 aromatic carbocycles. The molecule has 3 N–H and O–H groups in total. The molecular weight excluding hydrogens is 300 g/mol. The zero-order chi connectivity index (χ0) is 15.5. The van der Waals surface area contributed by atoms with Gasteiger partial charge >= 0.3 is 6.03 Å². The SMILES string of the molecule is Cn1ccc(NC(=O)NCC(O)c2cc3ccccc3s2)n1. The van der Waals surface area contributed by atoms with Gasteiger partial charge in [-0.2, -0.15) is 5.10 Å².